The van der Waals surface area contributed by atoms with Crippen LogP contribution in [0.4, 0.5) is 4.79 Å². The summed E-state index contributed by atoms with van der Waals surface area (Å²) in [5.41, 5.74) is 5.54. The van der Waals surface area contributed by atoms with E-state index in [1.54, 1.807) is 0 Å². The zero-order valence-electron chi connectivity index (χ0n) is 15.3. The zero-order valence-corrected chi connectivity index (χ0v) is 15.3. The fourth-order valence-corrected chi connectivity index (χ4v) is 3.41. The first-order valence-electron chi connectivity index (χ1n) is 8.50. The normalized spacial score (nSPS) is 29.7. The van der Waals surface area contributed by atoms with Gasteiger partial charge in [0.25, 0.3) is 0 Å². The number of alkyl carbamates (subject to hydrolysis) is 1. The Bertz CT molecular complexity index is 367. The molecule has 5 atom stereocenters. The topological polar surface area (TPSA) is 67.6 Å². The lowest BCUT2D eigenvalue weighted by Crippen LogP contribution is -2.60. The van der Waals surface area contributed by atoms with Gasteiger partial charge in [0.1, 0.15) is 5.60 Å². The zero-order chi connectivity index (χ0) is 17.1. The van der Waals surface area contributed by atoms with Crippen LogP contribution in [0.2, 0.25) is 0 Å². The van der Waals surface area contributed by atoms with Crippen LogP contribution in [-0.2, 0) is 4.74 Å². The third kappa shape index (κ3) is 5.43. The molecule has 5 unspecified atom stereocenters. The quantitative estimate of drug-likeness (QED) is 0.837. The average molecular weight is 313 g/mol. The Morgan fingerprint density at radius 1 is 1.36 bits per heavy atom. The van der Waals surface area contributed by atoms with E-state index in [4.69, 9.17) is 10.5 Å². The lowest BCUT2D eigenvalue weighted by Gasteiger charge is -2.46. The Kier molecular flexibility index (Phi) is 6.68. The Balaban J connectivity index is 2.71. The van der Waals surface area contributed by atoms with Gasteiger partial charge in [0.2, 0.25) is 0 Å². The first kappa shape index (κ1) is 19.2. The third-order valence-corrected chi connectivity index (χ3v) is 4.63. The second-order valence-corrected chi connectivity index (χ2v) is 7.99. The van der Waals surface area contributed by atoms with Crippen LogP contribution in [0, 0.1) is 11.8 Å². The molecule has 0 radical (unpaired) electrons. The highest BCUT2D eigenvalue weighted by Crippen LogP contribution is 2.29. The number of hydrogen-bond donors (Lipinski definition) is 2. The molecule has 3 N–H and O–H groups in total. The van der Waals surface area contributed by atoms with Crippen molar-refractivity contribution < 1.29 is 9.53 Å². The molecule has 5 nitrogen and oxygen atoms in total. The van der Waals surface area contributed by atoms with E-state index in [0.717, 1.165) is 6.54 Å². The number of carbonyl (C=O) groups excluding carboxylic acids is 1. The van der Waals surface area contributed by atoms with Crippen LogP contribution in [0.1, 0.15) is 54.9 Å². The number of nitrogens with two attached hydrogens (primary N) is 1. The Labute approximate surface area is 135 Å². The number of ether oxygens (including phenoxy) is 1. The number of piperidine rings is 1. The molecule has 0 aromatic carbocycles. The maximum atomic E-state index is 12.0. The molecule has 0 aromatic rings. The van der Waals surface area contributed by atoms with Crippen molar-refractivity contribution in [3.63, 3.8) is 0 Å². The minimum Gasteiger partial charge on any atom is -0.444 e. The van der Waals surface area contributed by atoms with Gasteiger partial charge < -0.3 is 15.8 Å². The smallest absolute Gasteiger partial charge is 0.407 e. The maximum absolute atomic E-state index is 12.0. The van der Waals surface area contributed by atoms with Gasteiger partial charge in [-0.3, -0.25) is 4.90 Å². The van der Waals surface area contributed by atoms with E-state index in [0.29, 0.717) is 24.4 Å². The highest BCUT2D eigenvalue weighted by Gasteiger charge is 2.35. The fourth-order valence-electron chi connectivity index (χ4n) is 3.41. The number of likely N-dealkylation sites (tertiary alicyclic amines) is 1. The number of rotatable bonds is 4. The van der Waals surface area contributed by atoms with Crippen LogP contribution in [0.25, 0.3) is 0 Å². The lowest BCUT2D eigenvalue weighted by atomic mass is 9.84. The second kappa shape index (κ2) is 7.64. The summed E-state index contributed by atoms with van der Waals surface area (Å²) in [5.74, 6) is 1.31. The van der Waals surface area contributed by atoms with Gasteiger partial charge in [-0.05, 0) is 52.9 Å². The van der Waals surface area contributed by atoms with E-state index >= 15 is 0 Å². The summed E-state index contributed by atoms with van der Waals surface area (Å²) in [5, 5.41) is 2.95. The summed E-state index contributed by atoms with van der Waals surface area (Å²) in [7, 11) is 0. The second-order valence-electron chi connectivity index (χ2n) is 7.99. The van der Waals surface area contributed by atoms with Crippen molar-refractivity contribution in [2.24, 2.45) is 17.6 Å². The fraction of sp³-hybridized carbons (Fsp3) is 0.941. The van der Waals surface area contributed by atoms with Gasteiger partial charge in [-0.15, -0.1) is 0 Å². The Morgan fingerprint density at radius 2 is 1.95 bits per heavy atom. The molecular formula is C17H35N3O2. The van der Waals surface area contributed by atoms with Crippen molar-refractivity contribution in [2.75, 3.05) is 13.1 Å². The summed E-state index contributed by atoms with van der Waals surface area (Å²) < 4.78 is 5.35. The number of amides is 1. The van der Waals surface area contributed by atoms with Crippen LogP contribution in [0.5, 0.6) is 0 Å². The average Bonchev–Trinajstić information content (AvgIpc) is 2.33. The monoisotopic (exact) mass is 313 g/mol. The van der Waals surface area contributed by atoms with E-state index in [1.807, 2.05) is 27.7 Å². The summed E-state index contributed by atoms with van der Waals surface area (Å²) in [4.78, 5) is 14.4. The highest BCUT2D eigenvalue weighted by atomic mass is 16.6. The van der Waals surface area contributed by atoms with Crippen LogP contribution >= 0.6 is 0 Å². The van der Waals surface area contributed by atoms with Crippen molar-refractivity contribution in [1.29, 1.82) is 0 Å². The largest absolute Gasteiger partial charge is 0.444 e. The summed E-state index contributed by atoms with van der Waals surface area (Å²) in [6.45, 7) is 16.0. The molecule has 1 rings (SSSR count). The predicted molar refractivity (Wildman–Crippen MR) is 90.8 cm³/mol. The van der Waals surface area contributed by atoms with Gasteiger partial charge in [0, 0.05) is 31.2 Å². The van der Waals surface area contributed by atoms with Crippen molar-refractivity contribution in [3.05, 3.63) is 0 Å². The van der Waals surface area contributed by atoms with E-state index in [1.165, 1.54) is 6.42 Å². The Hall–Kier alpha value is -0.810. The SMILES string of the molecule is CC1CC(C)C(C)N(C(CN)C(C)NC(=O)OC(C)(C)C)C1. The number of carbonyl (C=O) groups is 1. The van der Waals surface area contributed by atoms with Crippen LogP contribution < -0.4 is 11.1 Å². The minimum absolute atomic E-state index is 0.0419. The van der Waals surface area contributed by atoms with E-state index in [9.17, 15) is 4.79 Å². The van der Waals surface area contributed by atoms with E-state index in [-0.39, 0.29) is 18.2 Å². The standard InChI is InChI=1S/C17H35N3O2/c1-11-8-12(2)14(4)20(10-11)15(9-18)13(3)19-16(21)22-17(5,6)7/h11-15H,8-10,18H2,1-7H3,(H,19,21). The van der Waals surface area contributed by atoms with Crippen molar-refractivity contribution >= 4 is 6.09 Å². The molecule has 0 aliphatic carbocycles. The molecule has 0 spiro atoms. The maximum Gasteiger partial charge on any atom is 0.407 e. The molecule has 1 heterocycles. The molecule has 130 valence electrons. The van der Waals surface area contributed by atoms with Gasteiger partial charge in [-0.25, -0.2) is 4.79 Å². The van der Waals surface area contributed by atoms with Crippen molar-refractivity contribution in [2.45, 2.75) is 78.6 Å². The molecule has 1 saturated heterocycles. The third-order valence-electron chi connectivity index (χ3n) is 4.63. The van der Waals surface area contributed by atoms with Gasteiger partial charge in [-0.1, -0.05) is 13.8 Å². The van der Waals surface area contributed by atoms with Crippen LogP contribution in [0.3, 0.4) is 0 Å². The Morgan fingerprint density at radius 3 is 2.45 bits per heavy atom. The first-order valence-corrected chi connectivity index (χ1v) is 8.50. The summed E-state index contributed by atoms with van der Waals surface area (Å²) in [6.07, 6.45) is 0.882. The molecule has 1 fully saturated rings. The van der Waals surface area contributed by atoms with Gasteiger partial charge in [0.05, 0.1) is 0 Å². The van der Waals surface area contributed by atoms with Crippen LogP contribution in [0.15, 0.2) is 0 Å². The lowest BCUT2D eigenvalue weighted by molar-refractivity contribution is 0.0218. The molecule has 22 heavy (non-hydrogen) atoms. The molecule has 1 aliphatic heterocycles. The van der Waals surface area contributed by atoms with E-state index < -0.39 is 5.60 Å². The molecule has 0 saturated carbocycles. The number of nitrogens with zero attached hydrogens (tertiary/aromatic N) is 1. The molecule has 1 aliphatic rings. The van der Waals surface area contributed by atoms with Crippen molar-refractivity contribution in [3.8, 4) is 0 Å². The van der Waals surface area contributed by atoms with Gasteiger partial charge in [0.15, 0.2) is 0 Å². The van der Waals surface area contributed by atoms with Gasteiger partial charge in [-0.2, -0.15) is 0 Å². The molecule has 5 heteroatoms. The number of hydrogen-bond acceptors (Lipinski definition) is 4. The first-order chi connectivity index (χ1) is 10.0. The van der Waals surface area contributed by atoms with Crippen molar-refractivity contribution in [1.82, 2.24) is 10.2 Å². The van der Waals surface area contributed by atoms with Gasteiger partial charge >= 0.3 is 6.09 Å². The summed E-state index contributed by atoms with van der Waals surface area (Å²) >= 11 is 0. The predicted octanol–water partition coefficient (Wildman–Crippen LogP) is 2.59. The molecule has 0 aromatic heterocycles. The highest BCUT2D eigenvalue weighted by molar-refractivity contribution is 5.68. The molecule has 0 bridgehead atoms. The molecule has 1 amide bonds. The summed E-state index contributed by atoms with van der Waals surface area (Å²) in [6, 6.07) is 0.570. The minimum atomic E-state index is -0.483. The van der Waals surface area contributed by atoms with E-state index in [2.05, 4.69) is 31.0 Å². The van der Waals surface area contributed by atoms with Crippen LogP contribution in [-0.4, -0.2) is 47.8 Å². The molecular weight excluding hydrogens is 278 g/mol. The number of nitrogens with one attached hydrogen (secondary N) is 1.